The van der Waals surface area contributed by atoms with E-state index in [0.717, 1.165) is 25.7 Å². The Kier molecular flexibility index (Phi) is 8.23. The Morgan fingerprint density at radius 1 is 0.735 bits per heavy atom. The van der Waals surface area contributed by atoms with Gasteiger partial charge in [0.1, 0.15) is 5.60 Å². The average molecular weight is 475 g/mol. The first kappa shape index (κ1) is 31.3. The number of rotatable bonds is 1. The summed E-state index contributed by atoms with van der Waals surface area (Å²) in [6, 6.07) is 0. The Morgan fingerprint density at radius 3 is 1.38 bits per heavy atom. The molecule has 0 saturated heterocycles. The molecule has 0 radical (unpaired) electrons. The van der Waals surface area contributed by atoms with Gasteiger partial charge in [-0.15, -0.1) is 13.0 Å². The maximum atomic E-state index is 11.0. The van der Waals surface area contributed by atoms with Gasteiger partial charge in [0, 0.05) is 10.8 Å². The number of hydrogen-bond acceptors (Lipinski definition) is 2. The first-order valence-corrected chi connectivity index (χ1v) is 13.4. The summed E-state index contributed by atoms with van der Waals surface area (Å²) in [5.74, 6) is 3.65. The molecule has 2 nitrogen and oxygen atoms in total. The van der Waals surface area contributed by atoms with Crippen molar-refractivity contribution in [3.05, 3.63) is 12.7 Å². The molecule has 0 aromatic rings. The summed E-state index contributed by atoms with van der Waals surface area (Å²) in [7, 11) is 0. The maximum absolute atomic E-state index is 11.0. The summed E-state index contributed by atoms with van der Waals surface area (Å²) in [5.41, 5.74) is -1.63. The second kappa shape index (κ2) is 8.95. The lowest BCUT2D eigenvalue weighted by Crippen LogP contribution is -2.54. The van der Waals surface area contributed by atoms with Crippen molar-refractivity contribution < 1.29 is 10.2 Å². The Bertz CT molecular complexity index is 774. The number of aliphatic hydroxyl groups is 2. The van der Waals surface area contributed by atoms with Crippen LogP contribution in [0, 0.1) is 56.7 Å². The number of terminal acetylenes is 1. The van der Waals surface area contributed by atoms with Crippen LogP contribution in [0.5, 0.6) is 0 Å². The normalized spacial score (nSPS) is 39.3. The summed E-state index contributed by atoms with van der Waals surface area (Å²) >= 11 is 0. The van der Waals surface area contributed by atoms with Crippen LogP contribution in [0.4, 0.5) is 0 Å². The Labute approximate surface area is 213 Å². The molecule has 0 aromatic heterocycles. The van der Waals surface area contributed by atoms with Crippen molar-refractivity contribution in [1.82, 2.24) is 0 Å². The molecule has 34 heavy (non-hydrogen) atoms. The molecule has 198 valence electrons. The zero-order valence-electron chi connectivity index (χ0n) is 25.2. The molecule has 2 N–H and O–H groups in total. The predicted octanol–water partition coefficient (Wildman–Crippen LogP) is 8.27. The molecule has 2 aliphatic rings. The van der Waals surface area contributed by atoms with Crippen molar-refractivity contribution in [3.8, 4) is 12.3 Å². The van der Waals surface area contributed by atoms with E-state index in [1.807, 2.05) is 0 Å². The highest BCUT2D eigenvalue weighted by molar-refractivity contribution is 5.24. The summed E-state index contributed by atoms with van der Waals surface area (Å²) in [5, 5.41) is 21.8. The van der Waals surface area contributed by atoms with Crippen LogP contribution < -0.4 is 0 Å². The lowest BCUT2D eigenvalue weighted by molar-refractivity contribution is -0.118. The minimum atomic E-state index is -0.969. The van der Waals surface area contributed by atoms with Gasteiger partial charge in [0.2, 0.25) is 0 Å². The van der Waals surface area contributed by atoms with Crippen LogP contribution in [-0.4, -0.2) is 21.4 Å². The van der Waals surface area contributed by atoms with Gasteiger partial charge in [0.25, 0.3) is 0 Å². The quantitative estimate of drug-likeness (QED) is 0.296. The molecular formula is C32H58O2. The van der Waals surface area contributed by atoms with E-state index in [1.54, 1.807) is 6.08 Å². The van der Waals surface area contributed by atoms with E-state index in [0.29, 0.717) is 11.8 Å². The third-order valence-electron chi connectivity index (χ3n) is 10.5. The highest BCUT2D eigenvalue weighted by Gasteiger charge is 2.64. The second-order valence-corrected chi connectivity index (χ2v) is 16.0. The molecule has 0 bridgehead atoms. The van der Waals surface area contributed by atoms with Crippen molar-refractivity contribution in [2.75, 3.05) is 0 Å². The van der Waals surface area contributed by atoms with E-state index >= 15 is 0 Å². The zero-order valence-corrected chi connectivity index (χ0v) is 25.2. The Hall–Kier alpha value is -0.780. The SMILES string of the molecule is C#CC1(O)CCC(C(C)(C)C)[C@]1(C)C(C)(C)C.C=CC1(O)CCC(C(C)(C)C)[C@]1(C)C(C)(C)C. The van der Waals surface area contributed by atoms with Crippen LogP contribution in [0.25, 0.3) is 0 Å². The molecule has 4 unspecified atom stereocenters. The van der Waals surface area contributed by atoms with Gasteiger partial charge in [-0.3, -0.25) is 0 Å². The Morgan fingerprint density at radius 2 is 1.09 bits per heavy atom. The van der Waals surface area contributed by atoms with Gasteiger partial charge >= 0.3 is 0 Å². The zero-order chi connectivity index (χ0) is 27.4. The van der Waals surface area contributed by atoms with Crippen LogP contribution in [0.3, 0.4) is 0 Å². The standard InChI is InChI=1S/C16H30O.C16H28O/c2*1-9-16(17)11-10-12(13(2,3)4)15(16,8)14(5,6)7/h9,12,17H,1,10-11H2,2-8H3;1,12,17H,10-11H2,2-8H3/t2*12?,15-,16?/m11/s1. The highest BCUT2D eigenvalue weighted by atomic mass is 16.3. The molecule has 2 fully saturated rings. The fourth-order valence-corrected chi connectivity index (χ4v) is 7.85. The lowest BCUT2D eigenvalue weighted by atomic mass is 9.52. The molecule has 2 rings (SSSR count). The topological polar surface area (TPSA) is 40.5 Å². The molecular weight excluding hydrogens is 416 g/mol. The van der Waals surface area contributed by atoms with Crippen LogP contribution >= 0.6 is 0 Å². The van der Waals surface area contributed by atoms with E-state index in [1.165, 1.54) is 0 Å². The fraction of sp³-hybridized carbons (Fsp3) is 0.875. The van der Waals surface area contributed by atoms with Crippen molar-refractivity contribution in [2.24, 2.45) is 44.3 Å². The molecule has 0 aliphatic heterocycles. The highest BCUT2D eigenvalue weighted by Crippen LogP contribution is 2.65. The van der Waals surface area contributed by atoms with Crippen molar-refractivity contribution in [2.45, 2.75) is 134 Å². The van der Waals surface area contributed by atoms with Gasteiger partial charge in [0.15, 0.2) is 0 Å². The maximum Gasteiger partial charge on any atom is 0.131 e. The monoisotopic (exact) mass is 474 g/mol. The average Bonchev–Trinajstić information content (AvgIpc) is 3.08. The molecule has 6 atom stereocenters. The van der Waals surface area contributed by atoms with Crippen LogP contribution in [0.2, 0.25) is 0 Å². The minimum absolute atomic E-state index is 0.0113. The van der Waals surface area contributed by atoms with E-state index in [2.05, 4.69) is 109 Å². The molecule has 0 aromatic carbocycles. The van der Waals surface area contributed by atoms with Crippen molar-refractivity contribution in [1.29, 1.82) is 0 Å². The minimum Gasteiger partial charge on any atom is -0.385 e. The third-order valence-corrected chi connectivity index (χ3v) is 10.5. The van der Waals surface area contributed by atoms with Crippen molar-refractivity contribution in [3.63, 3.8) is 0 Å². The first-order chi connectivity index (χ1) is 14.8. The fourth-order valence-electron chi connectivity index (χ4n) is 7.85. The molecule has 2 saturated carbocycles. The summed E-state index contributed by atoms with van der Waals surface area (Å²) in [4.78, 5) is 0. The van der Waals surface area contributed by atoms with E-state index in [-0.39, 0.29) is 32.5 Å². The van der Waals surface area contributed by atoms with Gasteiger partial charge in [-0.05, 0) is 59.2 Å². The van der Waals surface area contributed by atoms with Gasteiger partial charge in [0.05, 0.1) is 5.60 Å². The van der Waals surface area contributed by atoms with E-state index in [9.17, 15) is 10.2 Å². The van der Waals surface area contributed by atoms with E-state index < -0.39 is 11.2 Å². The van der Waals surface area contributed by atoms with Crippen molar-refractivity contribution >= 4 is 0 Å². The van der Waals surface area contributed by atoms with Gasteiger partial charge < -0.3 is 10.2 Å². The van der Waals surface area contributed by atoms with Crippen LogP contribution in [0.15, 0.2) is 12.7 Å². The summed E-state index contributed by atoms with van der Waals surface area (Å²) < 4.78 is 0. The van der Waals surface area contributed by atoms with Gasteiger partial charge in [-0.25, -0.2) is 0 Å². The smallest absolute Gasteiger partial charge is 0.131 e. The lowest BCUT2D eigenvalue weighted by Gasteiger charge is -2.54. The Balaban J connectivity index is 0.000000340. The summed E-state index contributed by atoms with van der Waals surface area (Å²) in [6.07, 6.45) is 11.1. The third kappa shape index (κ3) is 4.78. The van der Waals surface area contributed by atoms with Crippen LogP contribution in [0.1, 0.15) is 123 Å². The predicted molar refractivity (Wildman–Crippen MR) is 148 cm³/mol. The van der Waals surface area contributed by atoms with Crippen LogP contribution in [-0.2, 0) is 0 Å². The van der Waals surface area contributed by atoms with Gasteiger partial charge in [-0.1, -0.05) is 109 Å². The molecule has 0 spiro atoms. The molecule has 2 heteroatoms. The van der Waals surface area contributed by atoms with Gasteiger partial charge in [-0.2, -0.15) is 0 Å². The first-order valence-electron chi connectivity index (χ1n) is 13.4. The number of hydrogen-bond donors (Lipinski definition) is 2. The largest absolute Gasteiger partial charge is 0.385 e. The summed E-state index contributed by atoms with van der Waals surface area (Å²) in [6.45, 7) is 35.2. The van der Waals surface area contributed by atoms with E-state index in [4.69, 9.17) is 6.42 Å². The molecule has 2 aliphatic carbocycles. The molecule has 0 heterocycles. The second-order valence-electron chi connectivity index (χ2n) is 16.0. The molecule has 0 amide bonds.